The molecule has 0 atom stereocenters. The summed E-state index contributed by atoms with van der Waals surface area (Å²) in [6, 6.07) is 0. The highest BCUT2D eigenvalue weighted by atomic mass is 16.6. The fraction of sp³-hybridized carbons (Fsp3) is 0.909. The smallest absolute Gasteiger partial charge is 0.410 e. The standard InChI is InChI=1S/C10H18N2O2.CH4/c1-9(2,3)14-8(13)12-6-10(7-12)4-11-5-10;/h11H,4-7H2,1-3H3;1H4. The van der Waals surface area contributed by atoms with Crippen molar-refractivity contribution in [2.45, 2.75) is 33.8 Å². The van der Waals surface area contributed by atoms with Gasteiger partial charge in [0.1, 0.15) is 5.60 Å². The number of amides is 1. The van der Waals surface area contributed by atoms with Gasteiger partial charge in [-0.15, -0.1) is 0 Å². The number of hydrogen-bond acceptors (Lipinski definition) is 3. The normalized spacial score (nSPS) is 22.5. The first kappa shape index (κ1) is 12.3. The lowest BCUT2D eigenvalue weighted by molar-refractivity contribution is -0.0553. The fourth-order valence-corrected chi connectivity index (χ4v) is 1.92. The average molecular weight is 214 g/mol. The Bertz CT molecular complexity index is 246. The van der Waals surface area contributed by atoms with Crippen molar-refractivity contribution in [2.24, 2.45) is 5.41 Å². The quantitative estimate of drug-likeness (QED) is 0.664. The maximum atomic E-state index is 11.6. The van der Waals surface area contributed by atoms with E-state index in [0.717, 1.165) is 26.2 Å². The predicted molar refractivity (Wildman–Crippen MR) is 59.8 cm³/mol. The summed E-state index contributed by atoms with van der Waals surface area (Å²) in [4.78, 5) is 13.3. The molecule has 1 spiro atoms. The molecule has 4 nitrogen and oxygen atoms in total. The van der Waals surface area contributed by atoms with Gasteiger partial charge in [0, 0.05) is 31.6 Å². The fourth-order valence-electron chi connectivity index (χ4n) is 1.92. The molecule has 2 saturated heterocycles. The SMILES string of the molecule is C.CC(C)(C)OC(=O)N1CC2(CNC2)C1. The molecule has 0 unspecified atom stereocenters. The van der Waals surface area contributed by atoms with Crippen LogP contribution in [-0.2, 0) is 4.74 Å². The molecule has 88 valence electrons. The number of rotatable bonds is 0. The Hall–Kier alpha value is -0.770. The number of carbonyl (C=O) groups excluding carboxylic acids is 1. The second-order valence-corrected chi connectivity index (χ2v) is 5.44. The van der Waals surface area contributed by atoms with Gasteiger partial charge in [0.2, 0.25) is 0 Å². The van der Waals surface area contributed by atoms with E-state index in [-0.39, 0.29) is 19.1 Å². The molecule has 1 N–H and O–H groups in total. The van der Waals surface area contributed by atoms with Gasteiger partial charge in [-0.25, -0.2) is 4.79 Å². The molecule has 0 saturated carbocycles. The monoisotopic (exact) mass is 214 g/mol. The van der Waals surface area contributed by atoms with Crippen LogP contribution >= 0.6 is 0 Å². The van der Waals surface area contributed by atoms with Crippen LogP contribution in [0.4, 0.5) is 4.79 Å². The van der Waals surface area contributed by atoms with Gasteiger partial charge in [0.15, 0.2) is 0 Å². The maximum Gasteiger partial charge on any atom is 0.410 e. The van der Waals surface area contributed by atoms with Crippen LogP contribution in [0.25, 0.3) is 0 Å². The minimum absolute atomic E-state index is 0. The second kappa shape index (κ2) is 3.67. The van der Waals surface area contributed by atoms with Crippen LogP contribution in [0, 0.1) is 5.41 Å². The van der Waals surface area contributed by atoms with Crippen LogP contribution in [0.5, 0.6) is 0 Å². The lowest BCUT2D eigenvalue weighted by Crippen LogP contribution is -2.72. The molecular formula is C11H22N2O2. The van der Waals surface area contributed by atoms with Crippen LogP contribution in [0.1, 0.15) is 28.2 Å². The Morgan fingerprint density at radius 1 is 1.33 bits per heavy atom. The van der Waals surface area contributed by atoms with Crippen molar-refractivity contribution in [1.29, 1.82) is 0 Å². The molecule has 15 heavy (non-hydrogen) atoms. The highest BCUT2D eigenvalue weighted by molar-refractivity contribution is 5.69. The molecule has 2 aliphatic rings. The topological polar surface area (TPSA) is 41.6 Å². The first-order valence-corrected chi connectivity index (χ1v) is 5.09. The van der Waals surface area contributed by atoms with Crippen molar-refractivity contribution in [3.05, 3.63) is 0 Å². The number of carbonyl (C=O) groups is 1. The molecule has 2 heterocycles. The van der Waals surface area contributed by atoms with Crippen molar-refractivity contribution in [1.82, 2.24) is 10.2 Å². The highest BCUT2D eigenvalue weighted by Crippen LogP contribution is 2.34. The van der Waals surface area contributed by atoms with Crippen LogP contribution in [0.3, 0.4) is 0 Å². The van der Waals surface area contributed by atoms with Crippen molar-refractivity contribution in [3.8, 4) is 0 Å². The Morgan fingerprint density at radius 3 is 2.20 bits per heavy atom. The number of nitrogens with zero attached hydrogens (tertiary/aromatic N) is 1. The molecule has 0 aromatic heterocycles. The zero-order chi connectivity index (χ0) is 10.4. The molecule has 4 heteroatoms. The van der Waals surface area contributed by atoms with E-state index in [4.69, 9.17) is 4.74 Å². The van der Waals surface area contributed by atoms with Gasteiger partial charge in [-0.05, 0) is 20.8 Å². The summed E-state index contributed by atoms with van der Waals surface area (Å²) < 4.78 is 5.27. The van der Waals surface area contributed by atoms with E-state index >= 15 is 0 Å². The molecule has 0 aromatic rings. The van der Waals surface area contributed by atoms with Crippen molar-refractivity contribution >= 4 is 6.09 Å². The van der Waals surface area contributed by atoms with Crippen LogP contribution < -0.4 is 5.32 Å². The number of nitrogens with one attached hydrogen (secondary N) is 1. The van der Waals surface area contributed by atoms with E-state index in [9.17, 15) is 4.79 Å². The first-order chi connectivity index (χ1) is 6.40. The molecule has 1 amide bonds. The number of hydrogen-bond donors (Lipinski definition) is 1. The molecule has 2 rings (SSSR count). The van der Waals surface area contributed by atoms with Crippen LogP contribution in [0.15, 0.2) is 0 Å². The van der Waals surface area contributed by atoms with E-state index in [1.54, 1.807) is 4.90 Å². The molecule has 0 aliphatic carbocycles. The summed E-state index contributed by atoms with van der Waals surface area (Å²) in [5.74, 6) is 0. The largest absolute Gasteiger partial charge is 0.444 e. The summed E-state index contributed by atoms with van der Waals surface area (Å²) in [7, 11) is 0. The van der Waals surface area contributed by atoms with Gasteiger partial charge in [-0.2, -0.15) is 0 Å². The molecule has 2 aliphatic heterocycles. The van der Waals surface area contributed by atoms with Gasteiger partial charge >= 0.3 is 6.09 Å². The Balaban J connectivity index is 0.00000112. The molecule has 0 aromatic carbocycles. The summed E-state index contributed by atoms with van der Waals surface area (Å²) >= 11 is 0. The first-order valence-electron chi connectivity index (χ1n) is 5.09. The summed E-state index contributed by atoms with van der Waals surface area (Å²) in [6.07, 6.45) is -0.171. The Labute approximate surface area is 92.0 Å². The average Bonchev–Trinajstić information content (AvgIpc) is 1.74. The minimum Gasteiger partial charge on any atom is -0.444 e. The summed E-state index contributed by atoms with van der Waals surface area (Å²) in [5.41, 5.74) is 0.00854. The van der Waals surface area contributed by atoms with E-state index in [0.29, 0.717) is 5.41 Å². The van der Waals surface area contributed by atoms with Gasteiger partial charge in [-0.1, -0.05) is 7.43 Å². The lowest BCUT2D eigenvalue weighted by atomic mass is 9.75. The van der Waals surface area contributed by atoms with Gasteiger partial charge in [0.05, 0.1) is 0 Å². The van der Waals surface area contributed by atoms with E-state index in [2.05, 4.69) is 5.32 Å². The Kier molecular flexibility index (Phi) is 3.01. The summed E-state index contributed by atoms with van der Waals surface area (Å²) in [6.45, 7) is 9.49. The lowest BCUT2D eigenvalue weighted by Gasteiger charge is -2.55. The molecule has 0 radical (unpaired) electrons. The summed E-state index contributed by atoms with van der Waals surface area (Å²) in [5, 5.41) is 3.23. The molecule has 0 bridgehead atoms. The maximum absolute atomic E-state index is 11.6. The molecular weight excluding hydrogens is 192 g/mol. The van der Waals surface area contributed by atoms with Crippen LogP contribution in [-0.4, -0.2) is 42.8 Å². The van der Waals surface area contributed by atoms with E-state index < -0.39 is 0 Å². The van der Waals surface area contributed by atoms with Gasteiger partial charge in [-0.3, -0.25) is 0 Å². The predicted octanol–water partition coefficient (Wildman–Crippen LogP) is 1.46. The van der Waals surface area contributed by atoms with Crippen LogP contribution in [0.2, 0.25) is 0 Å². The minimum atomic E-state index is -0.377. The zero-order valence-corrected chi connectivity index (χ0v) is 9.09. The van der Waals surface area contributed by atoms with Crippen molar-refractivity contribution < 1.29 is 9.53 Å². The third-order valence-corrected chi connectivity index (χ3v) is 2.70. The number of ether oxygens (including phenoxy) is 1. The van der Waals surface area contributed by atoms with E-state index in [1.165, 1.54) is 0 Å². The van der Waals surface area contributed by atoms with Gasteiger partial charge in [0.25, 0.3) is 0 Å². The highest BCUT2D eigenvalue weighted by Gasteiger charge is 2.50. The van der Waals surface area contributed by atoms with Crippen molar-refractivity contribution in [3.63, 3.8) is 0 Å². The zero-order valence-electron chi connectivity index (χ0n) is 9.09. The Morgan fingerprint density at radius 2 is 1.87 bits per heavy atom. The second-order valence-electron chi connectivity index (χ2n) is 5.44. The van der Waals surface area contributed by atoms with E-state index in [1.807, 2.05) is 20.8 Å². The number of likely N-dealkylation sites (tertiary alicyclic amines) is 1. The third-order valence-electron chi connectivity index (χ3n) is 2.70. The van der Waals surface area contributed by atoms with Crippen molar-refractivity contribution in [2.75, 3.05) is 26.2 Å². The third kappa shape index (κ3) is 2.43. The molecule has 2 fully saturated rings. The van der Waals surface area contributed by atoms with Gasteiger partial charge < -0.3 is 15.0 Å².